The van der Waals surface area contributed by atoms with Gasteiger partial charge in [-0.2, -0.15) is 5.26 Å². The van der Waals surface area contributed by atoms with Gasteiger partial charge in [0.15, 0.2) is 5.78 Å². The van der Waals surface area contributed by atoms with E-state index in [0.717, 1.165) is 0 Å². The van der Waals surface area contributed by atoms with Crippen molar-refractivity contribution in [1.82, 2.24) is 0 Å². The molecule has 0 aliphatic carbocycles. The van der Waals surface area contributed by atoms with Crippen molar-refractivity contribution < 1.29 is 13.2 Å². The van der Waals surface area contributed by atoms with E-state index in [2.05, 4.69) is 0 Å². The van der Waals surface area contributed by atoms with E-state index < -0.39 is 10.0 Å². The van der Waals surface area contributed by atoms with Crippen LogP contribution in [0, 0.1) is 11.3 Å². The molecule has 0 aliphatic heterocycles. The monoisotopic (exact) mass is 328 g/mol. The molecule has 0 aliphatic rings. The molecule has 118 valence electrons. The Hall–Kier alpha value is -2.65. The molecule has 0 atom stereocenters. The van der Waals surface area contributed by atoms with Crippen LogP contribution in [-0.2, 0) is 10.0 Å². The number of carbonyl (C=O) groups excluding carboxylic acids is 1. The number of Topliss-reactive ketones (excluding diaryl/α,β-unsaturated/α-hetero) is 1. The van der Waals surface area contributed by atoms with Gasteiger partial charge in [0.25, 0.3) is 10.0 Å². The average Bonchev–Trinajstić information content (AvgIpc) is 2.56. The van der Waals surface area contributed by atoms with Crippen molar-refractivity contribution in [2.75, 3.05) is 10.8 Å². The smallest absolute Gasteiger partial charge is 0.264 e. The molecule has 23 heavy (non-hydrogen) atoms. The van der Waals surface area contributed by atoms with Crippen LogP contribution < -0.4 is 4.31 Å². The highest BCUT2D eigenvalue weighted by Crippen LogP contribution is 2.24. The second-order valence-electron chi connectivity index (χ2n) is 4.90. The van der Waals surface area contributed by atoms with Crippen LogP contribution in [0.15, 0.2) is 59.5 Å². The number of nitrogens with zero attached hydrogens (tertiary/aromatic N) is 2. The van der Waals surface area contributed by atoms with Gasteiger partial charge in [-0.25, -0.2) is 8.42 Å². The number of hydrogen-bond acceptors (Lipinski definition) is 4. The fourth-order valence-corrected chi connectivity index (χ4v) is 3.59. The maximum Gasteiger partial charge on any atom is 0.264 e. The number of rotatable bonds is 6. The molecule has 6 heteroatoms. The molecule has 0 N–H and O–H groups in total. The van der Waals surface area contributed by atoms with Gasteiger partial charge < -0.3 is 0 Å². The maximum absolute atomic E-state index is 12.9. The minimum Gasteiger partial charge on any atom is -0.295 e. The molecule has 0 amide bonds. The summed E-state index contributed by atoms with van der Waals surface area (Å²) in [4.78, 5) is 11.4. The lowest BCUT2D eigenvalue weighted by Crippen LogP contribution is -2.31. The lowest BCUT2D eigenvalue weighted by Gasteiger charge is -2.23. The Labute approximate surface area is 135 Å². The van der Waals surface area contributed by atoms with Crippen LogP contribution in [0.3, 0.4) is 0 Å². The van der Waals surface area contributed by atoms with Gasteiger partial charge in [-0.15, -0.1) is 0 Å². The van der Waals surface area contributed by atoms with Gasteiger partial charge in [-0.1, -0.05) is 30.3 Å². The molecule has 0 unspecified atom stereocenters. The number of anilines is 1. The van der Waals surface area contributed by atoms with Crippen molar-refractivity contribution in [2.24, 2.45) is 0 Å². The van der Waals surface area contributed by atoms with Crippen LogP contribution >= 0.6 is 0 Å². The summed E-state index contributed by atoms with van der Waals surface area (Å²) >= 11 is 0. The number of nitriles is 1. The summed E-state index contributed by atoms with van der Waals surface area (Å²) < 4.78 is 26.9. The first-order valence-corrected chi connectivity index (χ1v) is 8.46. The van der Waals surface area contributed by atoms with Crippen LogP contribution in [0.2, 0.25) is 0 Å². The predicted octanol–water partition coefficient (Wildman–Crippen LogP) is 3.00. The normalized spacial score (nSPS) is 10.8. The van der Waals surface area contributed by atoms with Crippen LogP contribution in [0.1, 0.15) is 23.7 Å². The molecule has 0 heterocycles. The Morgan fingerprint density at radius 3 is 2.22 bits per heavy atom. The van der Waals surface area contributed by atoms with Gasteiger partial charge in [0, 0.05) is 12.1 Å². The zero-order valence-electron chi connectivity index (χ0n) is 12.6. The van der Waals surface area contributed by atoms with Crippen molar-refractivity contribution in [3.8, 4) is 6.07 Å². The Balaban J connectivity index is 2.43. The molecule has 0 fully saturated rings. The fraction of sp³-hybridized carbons (Fsp3) is 0.176. The molecule has 0 aromatic heterocycles. The third-order valence-corrected chi connectivity index (χ3v) is 5.16. The zero-order chi connectivity index (χ0) is 16.9. The van der Waals surface area contributed by atoms with Crippen molar-refractivity contribution in [1.29, 1.82) is 5.26 Å². The Morgan fingerprint density at radius 1 is 1.09 bits per heavy atom. The molecule has 0 bridgehead atoms. The lowest BCUT2D eigenvalue weighted by atomic mass is 10.2. The maximum atomic E-state index is 12.9. The summed E-state index contributed by atoms with van der Waals surface area (Å²) in [5, 5.41) is 8.79. The topological polar surface area (TPSA) is 78.2 Å². The summed E-state index contributed by atoms with van der Waals surface area (Å²) in [5.41, 5.74) is 0.950. The number of hydrogen-bond donors (Lipinski definition) is 0. The molecule has 2 aromatic rings. The number of sulfonamides is 1. The van der Waals surface area contributed by atoms with Gasteiger partial charge >= 0.3 is 0 Å². The highest BCUT2D eigenvalue weighted by atomic mass is 32.2. The van der Waals surface area contributed by atoms with Gasteiger partial charge in [-0.05, 0) is 31.2 Å². The highest BCUT2D eigenvalue weighted by molar-refractivity contribution is 7.92. The van der Waals surface area contributed by atoms with E-state index in [1.54, 1.807) is 30.3 Å². The first-order valence-electron chi connectivity index (χ1n) is 7.02. The minimum atomic E-state index is -3.80. The Bertz CT molecular complexity index is 822. The molecule has 0 radical (unpaired) electrons. The first kappa shape index (κ1) is 16.7. The van der Waals surface area contributed by atoms with Crippen molar-refractivity contribution in [2.45, 2.75) is 18.2 Å². The van der Waals surface area contributed by atoms with Crippen LogP contribution in [0.4, 0.5) is 5.69 Å². The molecular formula is C17H16N2O3S. The second kappa shape index (κ2) is 7.07. The van der Waals surface area contributed by atoms with E-state index in [9.17, 15) is 13.2 Å². The molecule has 2 rings (SSSR count). The van der Waals surface area contributed by atoms with E-state index in [4.69, 9.17) is 5.26 Å². The minimum absolute atomic E-state index is 0.0668. The lowest BCUT2D eigenvalue weighted by molar-refractivity contribution is 0.101. The zero-order valence-corrected chi connectivity index (χ0v) is 13.5. The summed E-state index contributed by atoms with van der Waals surface area (Å²) in [6.07, 6.45) is 0.0830. The van der Waals surface area contributed by atoms with E-state index in [1.807, 2.05) is 6.07 Å². The number of benzene rings is 2. The third kappa shape index (κ3) is 3.76. The standard InChI is InChI=1S/C17H16N2O3S/c1-14(20)15-8-10-17(11-9-15)23(21,22)19(13-5-12-18)16-6-3-2-4-7-16/h2-4,6-11H,5,13H2,1H3. The number of para-hydroxylation sites is 1. The van der Waals surface area contributed by atoms with E-state index >= 15 is 0 Å². The summed E-state index contributed by atoms with van der Waals surface area (Å²) in [7, 11) is -3.80. The quantitative estimate of drug-likeness (QED) is 0.764. The van der Waals surface area contributed by atoms with Gasteiger partial charge in [-0.3, -0.25) is 9.10 Å². The fourth-order valence-electron chi connectivity index (χ4n) is 2.12. The van der Waals surface area contributed by atoms with Crippen LogP contribution in [0.25, 0.3) is 0 Å². The van der Waals surface area contributed by atoms with Gasteiger partial charge in [0.2, 0.25) is 0 Å². The molecule has 0 saturated carbocycles. The van der Waals surface area contributed by atoms with Crippen molar-refractivity contribution in [3.63, 3.8) is 0 Å². The van der Waals surface area contributed by atoms with Gasteiger partial charge in [0.05, 0.1) is 23.1 Å². The molecule has 2 aromatic carbocycles. The predicted molar refractivity (Wildman–Crippen MR) is 87.7 cm³/mol. The number of carbonyl (C=O) groups is 1. The molecule has 0 saturated heterocycles. The summed E-state index contributed by atoms with van der Waals surface area (Å²) in [6, 6.07) is 16.4. The summed E-state index contributed by atoms with van der Waals surface area (Å²) in [5.74, 6) is -0.127. The number of ketones is 1. The highest BCUT2D eigenvalue weighted by Gasteiger charge is 2.24. The summed E-state index contributed by atoms with van der Waals surface area (Å²) in [6.45, 7) is 1.49. The largest absolute Gasteiger partial charge is 0.295 e. The third-order valence-electron chi connectivity index (χ3n) is 3.32. The molecular weight excluding hydrogens is 312 g/mol. The van der Waals surface area contributed by atoms with Gasteiger partial charge in [0.1, 0.15) is 0 Å². The van der Waals surface area contributed by atoms with Crippen LogP contribution in [-0.4, -0.2) is 20.7 Å². The first-order chi connectivity index (χ1) is 11.0. The second-order valence-corrected chi connectivity index (χ2v) is 6.76. The SMILES string of the molecule is CC(=O)c1ccc(S(=O)(=O)N(CCC#N)c2ccccc2)cc1. The average molecular weight is 328 g/mol. The van der Waals surface area contributed by atoms with E-state index in [1.165, 1.54) is 35.5 Å². The van der Waals surface area contributed by atoms with Crippen molar-refractivity contribution in [3.05, 3.63) is 60.2 Å². The van der Waals surface area contributed by atoms with E-state index in [0.29, 0.717) is 11.3 Å². The Morgan fingerprint density at radius 2 is 1.70 bits per heavy atom. The van der Waals surface area contributed by atoms with Crippen molar-refractivity contribution >= 4 is 21.5 Å². The molecule has 5 nitrogen and oxygen atoms in total. The van der Waals surface area contributed by atoms with Crippen LogP contribution in [0.5, 0.6) is 0 Å². The van der Waals surface area contributed by atoms with E-state index in [-0.39, 0.29) is 23.6 Å². The Kier molecular flexibility index (Phi) is 5.14. The molecule has 0 spiro atoms.